The molecule has 1 aromatic carbocycles. The van der Waals surface area contributed by atoms with Crippen LogP contribution in [0.3, 0.4) is 0 Å². The molecule has 20 heavy (non-hydrogen) atoms. The third-order valence-corrected chi connectivity index (χ3v) is 3.19. The summed E-state index contributed by atoms with van der Waals surface area (Å²) in [6.45, 7) is 1.75. The summed E-state index contributed by atoms with van der Waals surface area (Å²) >= 11 is 0. The molecule has 0 saturated heterocycles. The number of nitrogens with one attached hydrogen (secondary N) is 1. The number of aliphatic carboxylic acids is 1. The quantitative estimate of drug-likeness (QED) is 0.879. The lowest BCUT2D eigenvalue weighted by Crippen LogP contribution is -2.43. The Bertz CT molecular complexity index is 587. The molecule has 1 unspecified atom stereocenters. The topological polar surface area (TPSA) is 62.2 Å². The van der Waals surface area contributed by atoms with Crippen molar-refractivity contribution in [3.05, 3.63) is 60.2 Å². The maximum absolute atomic E-state index is 13.0. The number of rotatable bonds is 5. The minimum Gasteiger partial charge on any atom is -0.479 e. The zero-order chi connectivity index (χ0) is 14.6. The third-order valence-electron chi connectivity index (χ3n) is 3.19. The summed E-state index contributed by atoms with van der Waals surface area (Å²) in [4.78, 5) is 15.7. The van der Waals surface area contributed by atoms with Gasteiger partial charge in [-0.25, -0.2) is 9.18 Å². The zero-order valence-electron chi connectivity index (χ0n) is 11.0. The van der Waals surface area contributed by atoms with Crippen molar-refractivity contribution in [2.75, 3.05) is 5.32 Å². The molecule has 2 N–H and O–H groups in total. The first-order valence-electron chi connectivity index (χ1n) is 6.27. The SMILES string of the molecule is CCC(Nc1ccccc1)(C(=O)O)c1ccc(F)cn1. The van der Waals surface area contributed by atoms with Crippen molar-refractivity contribution in [3.8, 4) is 0 Å². The van der Waals surface area contributed by atoms with Crippen molar-refractivity contribution in [3.63, 3.8) is 0 Å². The lowest BCUT2D eigenvalue weighted by Gasteiger charge is -2.30. The molecule has 0 radical (unpaired) electrons. The Morgan fingerprint density at radius 1 is 1.30 bits per heavy atom. The van der Waals surface area contributed by atoms with Crippen LogP contribution >= 0.6 is 0 Å². The van der Waals surface area contributed by atoms with E-state index < -0.39 is 17.3 Å². The molecule has 0 spiro atoms. The van der Waals surface area contributed by atoms with E-state index in [4.69, 9.17) is 0 Å². The standard InChI is InChI=1S/C15H15FN2O2/c1-2-15(14(19)20,13-9-8-11(16)10-17-13)18-12-6-4-3-5-7-12/h3-10,18H,2H2,1H3,(H,19,20). The molecule has 0 bridgehead atoms. The predicted octanol–water partition coefficient (Wildman–Crippen LogP) is 3.02. The Morgan fingerprint density at radius 2 is 2.00 bits per heavy atom. The normalized spacial score (nSPS) is 13.5. The predicted molar refractivity (Wildman–Crippen MR) is 73.9 cm³/mol. The first-order chi connectivity index (χ1) is 9.58. The van der Waals surface area contributed by atoms with E-state index in [9.17, 15) is 14.3 Å². The fraction of sp³-hybridized carbons (Fsp3) is 0.200. The number of carboxylic acids is 1. The van der Waals surface area contributed by atoms with Crippen molar-refractivity contribution in [1.29, 1.82) is 0 Å². The summed E-state index contributed by atoms with van der Waals surface area (Å²) in [5.74, 6) is -1.55. The molecule has 0 saturated carbocycles. The molecule has 0 aliphatic carbocycles. The number of hydrogen-bond donors (Lipinski definition) is 2. The second-order valence-electron chi connectivity index (χ2n) is 4.42. The largest absolute Gasteiger partial charge is 0.479 e. The molecule has 0 fully saturated rings. The monoisotopic (exact) mass is 274 g/mol. The lowest BCUT2D eigenvalue weighted by atomic mass is 9.91. The Labute approximate surface area is 116 Å². The zero-order valence-corrected chi connectivity index (χ0v) is 11.0. The summed E-state index contributed by atoms with van der Waals surface area (Å²) in [5.41, 5.74) is -0.435. The van der Waals surface area contributed by atoms with E-state index in [1.165, 1.54) is 12.1 Å². The van der Waals surface area contributed by atoms with Crippen LogP contribution in [0.25, 0.3) is 0 Å². The number of carbonyl (C=O) groups is 1. The van der Waals surface area contributed by atoms with Gasteiger partial charge in [-0.1, -0.05) is 25.1 Å². The van der Waals surface area contributed by atoms with Gasteiger partial charge in [0.05, 0.1) is 11.9 Å². The minimum atomic E-state index is -1.38. The van der Waals surface area contributed by atoms with Gasteiger partial charge in [-0.3, -0.25) is 4.98 Å². The summed E-state index contributed by atoms with van der Waals surface area (Å²) in [7, 11) is 0. The second-order valence-corrected chi connectivity index (χ2v) is 4.42. The van der Waals surface area contributed by atoms with E-state index in [-0.39, 0.29) is 12.1 Å². The maximum Gasteiger partial charge on any atom is 0.335 e. The van der Waals surface area contributed by atoms with E-state index in [1.54, 1.807) is 19.1 Å². The van der Waals surface area contributed by atoms with E-state index in [2.05, 4.69) is 10.3 Å². The number of para-hydroxylation sites is 1. The molecule has 0 aliphatic heterocycles. The highest BCUT2D eigenvalue weighted by atomic mass is 19.1. The van der Waals surface area contributed by atoms with Gasteiger partial charge in [0.1, 0.15) is 5.82 Å². The van der Waals surface area contributed by atoms with Crippen LogP contribution in [0, 0.1) is 5.82 Å². The van der Waals surface area contributed by atoms with Gasteiger partial charge in [0.2, 0.25) is 0 Å². The summed E-state index contributed by atoms with van der Waals surface area (Å²) in [6.07, 6.45) is 1.30. The Balaban J connectivity index is 2.45. The smallest absolute Gasteiger partial charge is 0.335 e. The number of aromatic nitrogens is 1. The number of benzene rings is 1. The fourth-order valence-corrected chi connectivity index (χ4v) is 2.04. The lowest BCUT2D eigenvalue weighted by molar-refractivity contribution is -0.143. The van der Waals surface area contributed by atoms with Gasteiger partial charge in [0, 0.05) is 5.69 Å². The maximum atomic E-state index is 13.0. The molecule has 2 rings (SSSR count). The second kappa shape index (κ2) is 5.69. The Morgan fingerprint density at radius 3 is 2.50 bits per heavy atom. The summed E-state index contributed by atoms with van der Waals surface area (Å²) in [5, 5.41) is 12.6. The highest BCUT2D eigenvalue weighted by Gasteiger charge is 2.40. The average molecular weight is 274 g/mol. The number of anilines is 1. The van der Waals surface area contributed by atoms with Crippen molar-refractivity contribution >= 4 is 11.7 Å². The molecule has 1 heterocycles. The third kappa shape index (κ3) is 2.61. The average Bonchev–Trinajstić information content (AvgIpc) is 2.46. The highest BCUT2D eigenvalue weighted by Crippen LogP contribution is 2.29. The van der Waals surface area contributed by atoms with Crippen LogP contribution in [-0.2, 0) is 10.3 Å². The first-order valence-corrected chi connectivity index (χ1v) is 6.27. The van der Waals surface area contributed by atoms with Crippen molar-refractivity contribution in [1.82, 2.24) is 4.98 Å². The molecule has 0 aliphatic rings. The molecule has 1 aromatic heterocycles. The summed E-state index contributed by atoms with van der Waals surface area (Å²) < 4.78 is 13.0. The van der Waals surface area contributed by atoms with Crippen LogP contribution in [0.5, 0.6) is 0 Å². The van der Waals surface area contributed by atoms with E-state index in [0.29, 0.717) is 5.69 Å². The van der Waals surface area contributed by atoms with Crippen LogP contribution in [0.4, 0.5) is 10.1 Å². The van der Waals surface area contributed by atoms with Crippen LogP contribution in [0.2, 0.25) is 0 Å². The van der Waals surface area contributed by atoms with Gasteiger partial charge in [-0.2, -0.15) is 0 Å². The van der Waals surface area contributed by atoms with Gasteiger partial charge < -0.3 is 10.4 Å². The highest BCUT2D eigenvalue weighted by molar-refractivity contribution is 5.84. The Hall–Kier alpha value is -2.43. The van der Waals surface area contributed by atoms with E-state index in [1.807, 2.05) is 18.2 Å². The van der Waals surface area contributed by atoms with Crippen LogP contribution in [-0.4, -0.2) is 16.1 Å². The van der Waals surface area contributed by atoms with Gasteiger partial charge in [0.25, 0.3) is 0 Å². The number of halogens is 1. The van der Waals surface area contributed by atoms with Crippen LogP contribution in [0.1, 0.15) is 19.0 Å². The molecule has 4 nitrogen and oxygen atoms in total. The molecule has 0 amide bonds. The van der Waals surface area contributed by atoms with Crippen molar-refractivity contribution in [2.45, 2.75) is 18.9 Å². The number of pyridine rings is 1. The Kier molecular flexibility index (Phi) is 3.98. The number of nitrogens with zero attached hydrogens (tertiary/aromatic N) is 1. The molecular weight excluding hydrogens is 259 g/mol. The number of carboxylic acid groups (broad SMARTS) is 1. The fourth-order valence-electron chi connectivity index (χ4n) is 2.04. The molecule has 104 valence electrons. The molecule has 1 atom stereocenters. The van der Waals surface area contributed by atoms with Crippen LogP contribution in [0.15, 0.2) is 48.7 Å². The van der Waals surface area contributed by atoms with Crippen molar-refractivity contribution in [2.24, 2.45) is 0 Å². The van der Waals surface area contributed by atoms with Gasteiger partial charge in [-0.15, -0.1) is 0 Å². The first kappa shape index (κ1) is 14.0. The van der Waals surface area contributed by atoms with E-state index >= 15 is 0 Å². The van der Waals surface area contributed by atoms with Gasteiger partial charge >= 0.3 is 5.97 Å². The van der Waals surface area contributed by atoms with E-state index in [0.717, 1.165) is 6.20 Å². The van der Waals surface area contributed by atoms with Gasteiger partial charge in [-0.05, 0) is 30.7 Å². The van der Waals surface area contributed by atoms with Gasteiger partial charge in [0.15, 0.2) is 5.54 Å². The van der Waals surface area contributed by atoms with Crippen LogP contribution < -0.4 is 5.32 Å². The minimum absolute atomic E-state index is 0.274. The molecule has 5 heteroatoms. The summed E-state index contributed by atoms with van der Waals surface area (Å²) in [6, 6.07) is 11.6. The van der Waals surface area contributed by atoms with Crippen molar-refractivity contribution < 1.29 is 14.3 Å². The molecule has 2 aromatic rings. The number of hydrogen-bond acceptors (Lipinski definition) is 3. The molecular formula is C15H15FN2O2.